The highest BCUT2D eigenvalue weighted by molar-refractivity contribution is 5.77. The molecule has 88 valence electrons. The van der Waals surface area contributed by atoms with E-state index in [9.17, 15) is 4.79 Å². The number of nitrogens with zero attached hydrogens (tertiary/aromatic N) is 1. The van der Waals surface area contributed by atoms with Crippen molar-refractivity contribution in [1.82, 2.24) is 10.3 Å². The maximum atomic E-state index is 11.3. The van der Waals surface area contributed by atoms with Gasteiger partial charge in [-0.1, -0.05) is 20.8 Å². The Hall–Kier alpha value is -0.610. The number of rotatable bonds is 3. The zero-order chi connectivity index (χ0) is 11.5. The summed E-state index contributed by atoms with van der Waals surface area (Å²) < 4.78 is 0. The quantitative estimate of drug-likeness (QED) is 0.413. The maximum Gasteiger partial charge on any atom is 0.237 e. The van der Waals surface area contributed by atoms with Gasteiger partial charge in [0, 0.05) is 12.5 Å². The van der Waals surface area contributed by atoms with E-state index in [0.717, 1.165) is 19.6 Å². The minimum absolute atomic E-state index is 0.0174. The summed E-state index contributed by atoms with van der Waals surface area (Å²) in [5.74, 6) is 5.02. The molecule has 1 unspecified atom stereocenters. The van der Waals surface area contributed by atoms with Crippen LogP contribution in [0.3, 0.4) is 0 Å². The van der Waals surface area contributed by atoms with Crippen LogP contribution in [0.15, 0.2) is 0 Å². The van der Waals surface area contributed by atoms with Gasteiger partial charge in [-0.15, -0.1) is 0 Å². The van der Waals surface area contributed by atoms with Gasteiger partial charge < -0.3 is 4.90 Å². The van der Waals surface area contributed by atoms with Gasteiger partial charge >= 0.3 is 0 Å². The minimum atomic E-state index is -0.0696. The van der Waals surface area contributed by atoms with E-state index in [1.807, 2.05) is 6.92 Å². The molecular formula is C11H23N3O. The summed E-state index contributed by atoms with van der Waals surface area (Å²) >= 11 is 0. The fraction of sp³-hybridized carbons (Fsp3) is 0.909. The molecule has 0 aromatic heterocycles. The third-order valence-corrected chi connectivity index (χ3v) is 3.33. The molecule has 0 radical (unpaired) electrons. The largest absolute Gasteiger partial charge is 0.303 e. The maximum absolute atomic E-state index is 11.3. The summed E-state index contributed by atoms with van der Waals surface area (Å²) in [4.78, 5) is 13.6. The van der Waals surface area contributed by atoms with E-state index in [1.54, 1.807) is 0 Å². The summed E-state index contributed by atoms with van der Waals surface area (Å²) in [6, 6.07) is 0. The van der Waals surface area contributed by atoms with Crippen molar-refractivity contribution < 1.29 is 4.79 Å². The van der Waals surface area contributed by atoms with E-state index >= 15 is 0 Å². The van der Waals surface area contributed by atoms with Crippen molar-refractivity contribution in [3.63, 3.8) is 0 Å². The predicted molar refractivity (Wildman–Crippen MR) is 60.9 cm³/mol. The van der Waals surface area contributed by atoms with Crippen molar-refractivity contribution >= 4 is 5.91 Å². The number of nitrogens with one attached hydrogen (secondary N) is 1. The van der Waals surface area contributed by atoms with Gasteiger partial charge in [0.1, 0.15) is 0 Å². The average Bonchev–Trinajstić information content (AvgIpc) is 2.20. The van der Waals surface area contributed by atoms with Gasteiger partial charge in [-0.3, -0.25) is 10.2 Å². The van der Waals surface area contributed by atoms with Crippen LogP contribution in [0, 0.1) is 11.3 Å². The number of amides is 1. The third-order valence-electron chi connectivity index (χ3n) is 3.33. The summed E-state index contributed by atoms with van der Waals surface area (Å²) in [7, 11) is 0. The van der Waals surface area contributed by atoms with Gasteiger partial charge in [0.25, 0.3) is 0 Å². The fourth-order valence-corrected chi connectivity index (χ4v) is 1.95. The Balaban J connectivity index is 2.32. The van der Waals surface area contributed by atoms with Crippen LogP contribution in [0.1, 0.15) is 33.6 Å². The molecule has 4 nitrogen and oxygen atoms in total. The molecule has 3 N–H and O–H groups in total. The van der Waals surface area contributed by atoms with E-state index in [1.165, 1.54) is 12.8 Å². The average molecular weight is 213 g/mol. The van der Waals surface area contributed by atoms with Gasteiger partial charge in [0.2, 0.25) is 5.91 Å². The first-order valence-electron chi connectivity index (χ1n) is 5.67. The molecule has 1 atom stereocenters. The SMILES string of the molecule is CC(CN1CCC(C)(C)CC1)C(=O)NN. The molecule has 1 saturated heterocycles. The molecule has 0 aromatic rings. The summed E-state index contributed by atoms with van der Waals surface area (Å²) in [5, 5.41) is 0. The fourth-order valence-electron chi connectivity index (χ4n) is 1.95. The molecule has 1 aliphatic heterocycles. The summed E-state index contributed by atoms with van der Waals surface area (Å²) in [6.45, 7) is 9.53. The molecule has 1 fully saturated rings. The van der Waals surface area contributed by atoms with Crippen molar-refractivity contribution in [1.29, 1.82) is 0 Å². The van der Waals surface area contributed by atoms with E-state index in [4.69, 9.17) is 5.84 Å². The summed E-state index contributed by atoms with van der Waals surface area (Å²) in [5.41, 5.74) is 2.67. The molecule has 0 aromatic carbocycles. The van der Waals surface area contributed by atoms with Crippen molar-refractivity contribution in [3.8, 4) is 0 Å². The number of hydrogen-bond acceptors (Lipinski definition) is 3. The Morgan fingerprint density at radius 1 is 1.47 bits per heavy atom. The number of hydrazine groups is 1. The second-order valence-corrected chi connectivity index (χ2v) is 5.37. The number of carbonyl (C=O) groups is 1. The molecule has 1 heterocycles. The predicted octanol–water partition coefficient (Wildman–Crippen LogP) is 0.734. The van der Waals surface area contributed by atoms with Gasteiger partial charge in [-0.2, -0.15) is 0 Å². The molecule has 0 spiro atoms. The molecule has 1 amide bonds. The molecule has 0 saturated carbocycles. The van der Waals surface area contributed by atoms with E-state index in [2.05, 4.69) is 24.2 Å². The van der Waals surface area contributed by atoms with Crippen molar-refractivity contribution in [2.75, 3.05) is 19.6 Å². The normalized spacial score (nSPS) is 23.5. The first kappa shape index (κ1) is 12.5. The van der Waals surface area contributed by atoms with Crippen LogP contribution >= 0.6 is 0 Å². The van der Waals surface area contributed by atoms with E-state index in [-0.39, 0.29) is 11.8 Å². The standard InChI is InChI=1S/C11H23N3O/c1-9(10(15)13-12)8-14-6-4-11(2,3)5-7-14/h9H,4-8,12H2,1-3H3,(H,13,15). The van der Waals surface area contributed by atoms with Crippen molar-refractivity contribution in [3.05, 3.63) is 0 Å². The Morgan fingerprint density at radius 3 is 2.47 bits per heavy atom. The highest BCUT2D eigenvalue weighted by Gasteiger charge is 2.26. The highest BCUT2D eigenvalue weighted by Crippen LogP contribution is 2.29. The molecule has 4 heteroatoms. The number of carbonyl (C=O) groups excluding carboxylic acids is 1. The molecule has 0 bridgehead atoms. The van der Waals surface area contributed by atoms with Crippen LogP contribution in [0.5, 0.6) is 0 Å². The Morgan fingerprint density at radius 2 is 2.00 bits per heavy atom. The van der Waals surface area contributed by atoms with Gasteiger partial charge in [-0.25, -0.2) is 5.84 Å². The molecule has 0 aliphatic carbocycles. The van der Waals surface area contributed by atoms with Crippen LogP contribution in [0.4, 0.5) is 0 Å². The van der Waals surface area contributed by atoms with Crippen LogP contribution in [0.25, 0.3) is 0 Å². The molecule has 1 aliphatic rings. The number of piperidine rings is 1. The van der Waals surface area contributed by atoms with Crippen LogP contribution in [-0.2, 0) is 4.79 Å². The minimum Gasteiger partial charge on any atom is -0.303 e. The first-order chi connectivity index (χ1) is 6.94. The first-order valence-corrected chi connectivity index (χ1v) is 5.67. The molecular weight excluding hydrogens is 190 g/mol. The number of hydrogen-bond donors (Lipinski definition) is 2. The molecule has 15 heavy (non-hydrogen) atoms. The van der Waals surface area contributed by atoms with Gasteiger partial charge in [0.05, 0.1) is 0 Å². The Kier molecular flexibility index (Phi) is 4.11. The second-order valence-electron chi connectivity index (χ2n) is 5.37. The van der Waals surface area contributed by atoms with Crippen LogP contribution in [0.2, 0.25) is 0 Å². The third kappa shape index (κ3) is 3.80. The lowest BCUT2D eigenvalue weighted by molar-refractivity contribution is -0.125. The van der Waals surface area contributed by atoms with Gasteiger partial charge in [0.15, 0.2) is 0 Å². The van der Waals surface area contributed by atoms with Crippen molar-refractivity contribution in [2.45, 2.75) is 33.6 Å². The van der Waals surface area contributed by atoms with E-state index < -0.39 is 0 Å². The monoisotopic (exact) mass is 213 g/mol. The number of likely N-dealkylation sites (tertiary alicyclic amines) is 1. The lowest BCUT2D eigenvalue weighted by Gasteiger charge is -2.37. The zero-order valence-electron chi connectivity index (χ0n) is 10.0. The number of nitrogens with two attached hydrogens (primary N) is 1. The van der Waals surface area contributed by atoms with Crippen molar-refractivity contribution in [2.24, 2.45) is 17.2 Å². The zero-order valence-corrected chi connectivity index (χ0v) is 10.0. The van der Waals surface area contributed by atoms with Gasteiger partial charge in [-0.05, 0) is 31.3 Å². The highest BCUT2D eigenvalue weighted by atomic mass is 16.2. The van der Waals surface area contributed by atoms with Crippen LogP contribution in [-0.4, -0.2) is 30.4 Å². The van der Waals surface area contributed by atoms with Crippen LogP contribution < -0.4 is 11.3 Å². The second kappa shape index (κ2) is 4.94. The lowest BCUT2D eigenvalue weighted by Crippen LogP contribution is -2.44. The Labute approximate surface area is 92.2 Å². The smallest absolute Gasteiger partial charge is 0.237 e. The summed E-state index contributed by atoms with van der Waals surface area (Å²) in [6.07, 6.45) is 2.42. The lowest BCUT2D eigenvalue weighted by atomic mass is 9.82. The Bertz CT molecular complexity index is 218. The topological polar surface area (TPSA) is 58.4 Å². The van der Waals surface area contributed by atoms with E-state index in [0.29, 0.717) is 5.41 Å². The molecule has 1 rings (SSSR count).